The monoisotopic (exact) mass is 450 g/mol. The molecule has 1 N–H and O–H groups in total. The minimum absolute atomic E-state index is 0. The molecule has 1 aromatic heterocycles. The fourth-order valence-corrected chi connectivity index (χ4v) is 4.67. The number of anilines is 1. The number of carbonyl (C=O) groups excluding carboxylic acids is 1. The third-order valence-electron chi connectivity index (χ3n) is 6.38. The molecule has 5 rings (SSSR count). The van der Waals surface area contributed by atoms with Gasteiger partial charge in [-0.15, -0.1) is 12.4 Å². The van der Waals surface area contributed by atoms with E-state index >= 15 is 0 Å². The van der Waals surface area contributed by atoms with Gasteiger partial charge in [0.15, 0.2) is 0 Å². The predicted octanol–water partition coefficient (Wildman–Crippen LogP) is 4.94. The first kappa shape index (κ1) is 22.1. The van der Waals surface area contributed by atoms with E-state index in [9.17, 15) is 9.59 Å². The molecule has 1 amide bonds. The van der Waals surface area contributed by atoms with Crippen molar-refractivity contribution >= 4 is 45.9 Å². The zero-order valence-corrected chi connectivity index (χ0v) is 18.8. The Hall–Kier alpha value is -3.09. The lowest BCUT2D eigenvalue weighted by atomic mass is 10.0. The first-order valence-corrected chi connectivity index (χ1v) is 10.8. The molecule has 0 saturated carbocycles. The molecule has 2 heterocycles. The summed E-state index contributed by atoms with van der Waals surface area (Å²) in [7, 11) is 2.11. The Labute approximate surface area is 192 Å². The number of benzene rings is 3. The van der Waals surface area contributed by atoms with Crippen molar-refractivity contribution in [1.29, 1.82) is 0 Å². The zero-order chi connectivity index (χ0) is 21.4. The Morgan fingerprint density at radius 1 is 0.969 bits per heavy atom. The highest BCUT2D eigenvalue weighted by molar-refractivity contribution is 6.04. The van der Waals surface area contributed by atoms with Crippen molar-refractivity contribution in [3.63, 3.8) is 0 Å². The van der Waals surface area contributed by atoms with E-state index in [1.165, 1.54) is 17.4 Å². The number of fused-ring (bicyclic) bond motifs is 2. The van der Waals surface area contributed by atoms with Gasteiger partial charge in [0.2, 0.25) is 0 Å². The highest BCUT2D eigenvalue weighted by Gasteiger charge is 2.24. The van der Waals surface area contributed by atoms with Gasteiger partial charge in [0, 0.05) is 18.0 Å². The quantitative estimate of drug-likeness (QED) is 0.480. The molecule has 0 spiro atoms. The molecular formula is C25H27ClN4O2. The third-order valence-corrected chi connectivity index (χ3v) is 6.38. The van der Waals surface area contributed by atoms with Crippen molar-refractivity contribution in [3.05, 3.63) is 77.2 Å². The fourth-order valence-electron chi connectivity index (χ4n) is 4.67. The van der Waals surface area contributed by atoms with Gasteiger partial charge in [-0.05, 0) is 50.0 Å². The molecule has 32 heavy (non-hydrogen) atoms. The normalized spacial score (nSPS) is 16.7. The molecule has 1 aliphatic heterocycles. The minimum Gasteiger partial charge on any atom is -0.306 e. The lowest BCUT2D eigenvalue weighted by Gasteiger charge is -2.32. The van der Waals surface area contributed by atoms with Gasteiger partial charge in [0.05, 0.1) is 16.7 Å². The van der Waals surface area contributed by atoms with Gasteiger partial charge in [-0.2, -0.15) is 0 Å². The molecule has 6 nitrogen and oxygen atoms in total. The van der Waals surface area contributed by atoms with Crippen LogP contribution in [0, 0.1) is 0 Å². The number of halogens is 1. The number of likely N-dealkylation sites (N-methyl/N-ethyl adjacent to an activating group) is 1. The second-order valence-corrected chi connectivity index (χ2v) is 8.30. The van der Waals surface area contributed by atoms with E-state index in [1.807, 2.05) is 66.7 Å². The molecule has 7 heteroatoms. The van der Waals surface area contributed by atoms with Crippen LogP contribution in [0.1, 0.15) is 19.3 Å². The number of hydrogen-bond acceptors (Lipinski definition) is 3. The summed E-state index contributed by atoms with van der Waals surface area (Å²) >= 11 is 0. The average Bonchev–Trinajstić information content (AvgIpc) is 3.07. The summed E-state index contributed by atoms with van der Waals surface area (Å²) in [6.07, 6.45) is 3.42. The van der Waals surface area contributed by atoms with Crippen molar-refractivity contribution < 1.29 is 4.79 Å². The van der Waals surface area contributed by atoms with Gasteiger partial charge in [-0.25, -0.2) is 14.2 Å². The lowest BCUT2D eigenvalue weighted by Crippen LogP contribution is -2.42. The molecule has 1 saturated heterocycles. The van der Waals surface area contributed by atoms with Gasteiger partial charge < -0.3 is 10.2 Å². The van der Waals surface area contributed by atoms with Crippen LogP contribution in [0.5, 0.6) is 0 Å². The molecule has 3 aromatic carbocycles. The highest BCUT2D eigenvalue weighted by atomic mass is 35.5. The Balaban J connectivity index is 0.00000245. The largest absolute Gasteiger partial charge is 0.337 e. The maximum absolute atomic E-state index is 13.4. The van der Waals surface area contributed by atoms with Crippen LogP contribution in [0.4, 0.5) is 10.5 Å². The number of piperidine rings is 1. The summed E-state index contributed by atoms with van der Waals surface area (Å²) in [6, 6.07) is 21.0. The number of aromatic nitrogens is 2. The highest BCUT2D eigenvalue weighted by Crippen LogP contribution is 2.24. The number of likely N-dealkylation sites (tertiary alicyclic amines) is 1. The summed E-state index contributed by atoms with van der Waals surface area (Å²) in [4.78, 5) is 29.0. The van der Waals surface area contributed by atoms with Crippen molar-refractivity contribution in [1.82, 2.24) is 14.0 Å². The first-order chi connectivity index (χ1) is 15.1. The van der Waals surface area contributed by atoms with Crippen molar-refractivity contribution in [2.75, 3.05) is 18.9 Å². The summed E-state index contributed by atoms with van der Waals surface area (Å²) in [6.45, 7) is 1.63. The fraction of sp³-hybridized carbons (Fsp3) is 0.280. The van der Waals surface area contributed by atoms with E-state index in [1.54, 1.807) is 4.57 Å². The molecular weight excluding hydrogens is 424 g/mol. The second-order valence-electron chi connectivity index (χ2n) is 8.30. The SMILES string of the molecule is CN1CCCCC1Cn1c(=O)n(C(=O)Nc2cccc3ccccc23)c2ccccc21.Cl. The molecule has 0 bridgehead atoms. The molecule has 166 valence electrons. The molecule has 1 unspecified atom stereocenters. The molecule has 0 radical (unpaired) electrons. The van der Waals surface area contributed by atoms with E-state index in [0.29, 0.717) is 23.8 Å². The number of rotatable bonds is 3. The van der Waals surface area contributed by atoms with E-state index in [2.05, 4.69) is 17.3 Å². The Morgan fingerprint density at radius 2 is 1.69 bits per heavy atom. The Bertz CT molecular complexity index is 1320. The van der Waals surface area contributed by atoms with E-state index in [4.69, 9.17) is 0 Å². The summed E-state index contributed by atoms with van der Waals surface area (Å²) in [5.41, 5.74) is 1.82. The minimum atomic E-state index is -0.437. The maximum atomic E-state index is 13.4. The van der Waals surface area contributed by atoms with Gasteiger partial charge in [0.25, 0.3) is 0 Å². The van der Waals surface area contributed by atoms with Crippen molar-refractivity contribution in [2.24, 2.45) is 0 Å². The number of amides is 1. The van der Waals surface area contributed by atoms with Crippen LogP contribution in [0.25, 0.3) is 21.8 Å². The standard InChI is InChI=1S/C25H26N4O2.ClH/c1-27-16-7-6-11-19(27)17-28-22-14-4-5-15-23(22)29(25(28)31)24(30)26-21-13-8-10-18-9-2-3-12-20(18)21;/h2-5,8-10,12-15,19H,6-7,11,16-17H2,1H3,(H,26,30);1H. The van der Waals surface area contributed by atoms with Crippen molar-refractivity contribution in [3.8, 4) is 0 Å². The number of hydrogen-bond donors (Lipinski definition) is 1. The Kier molecular flexibility index (Phi) is 6.35. The van der Waals surface area contributed by atoms with E-state index < -0.39 is 6.03 Å². The van der Waals surface area contributed by atoms with Crippen molar-refractivity contribution in [2.45, 2.75) is 31.8 Å². The topological polar surface area (TPSA) is 59.3 Å². The van der Waals surface area contributed by atoms with Gasteiger partial charge >= 0.3 is 11.7 Å². The number of carbonyl (C=O) groups is 1. The second kappa shape index (κ2) is 9.18. The molecule has 1 aliphatic rings. The summed E-state index contributed by atoms with van der Waals surface area (Å²) in [5, 5.41) is 4.94. The molecule has 0 aliphatic carbocycles. The van der Waals surface area contributed by atoms with Crippen LogP contribution in [0.3, 0.4) is 0 Å². The van der Waals surface area contributed by atoms with E-state index in [0.717, 1.165) is 29.3 Å². The Morgan fingerprint density at radius 3 is 2.50 bits per heavy atom. The van der Waals surface area contributed by atoms with Gasteiger partial charge in [0.1, 0.15) is 0 Å². The maximum Gasteiger partial charge on any atom is 0.337 e. The van der Waals surface area contributed by atoms with Crippen LogP contribution in [-0.2, 0) is 6.54 Å². The van der Waals surface area contributed by atoms with Crippen LogP contribution in [0.2, 0.25) is 0 Å². The molecule has 1 fully saturated rings. The molecule has 1 atom stereocenters. The smallest absolute Gasteiger partial charge is 0.306 e. The van der Waals surface area contributed by atoms with Crippen LogP contribution in [0.15, 0.2) is 71.5 Å². The van der Waals surface area contributed by atoms with Crippen LogP contribution < -0.4 is 11.0 Å². The predicted molar refractivity (Wildman–Crippen MR) is 132 cm³/mol. The summed E-state index contributed by atoms with van der Waals surface area (Å²) < 4.78 is 3.02. The van der Waals surface area contributed by atoms with Crippen LogP contribution in [-0.4, -0.2) is 39.7 Å². The number of nitrogens with zero attached hydrogens (tertiary/aromatic N) is 3. The number of imidazole rings is 1. The van der Waals surface area contributed by atoms with Gasteiger partial charge in [-0.1, -0.05) is 55.0 Å². The zero-order valence-electron chi connectivity index (χ0n) is 18.0. The van der Waals surface area contributed by atoms with Crippen LogP contribution >= 0.6 is 12.4 Å². The van der Waals surface area contributed by atoms with Gasteiger partial charge in [-0.3, -0.25) is 4.57 Å². The number of nitrogens with one attached hydrogen (secondary N) is 1. The van der Waals surface area contributed by atoms with E-state index in [-0.39, 0.29) is 18.1 Å². The average molecular weight is 451 g/mol. The first-order valence-electron chi connectivity index (χ1n) is 10.8. The molecule has 4 aromatic rings. The lowest BCUT2D eigenvalue weighted by molar-refractivity contribution is 0.167. The third kappa shape index (κ3) is 3.92. The summed E-state index contributed by atoms with van der Waals surface area (Å²) in [5.74, 6) is 0. The number of para-hydroxylation sites is 2.